The number of methoxy groups -OCH3 is 1. The summed E-state index contributed by atoms with van der Waals surface area (Å²) < 4.78 is 5.45. The Labute approximate surface area is 192 Å². The molecule has 168 valence electrons. The molecule has 0 saturated heterocycles. The summed E-state index contributed by atoms with van der Waals surface area (Å²) in [7, 11) is 1.70. The van der Waals surface area contributed by atoms with Crippen LogP contribution < -0.4 is 15.4 Å². The lowest BCUT2D eigenvalue weighted by atomic mass is 10.1. The molecule has 4 N–H and O–H groups in total. The molecular formula is C26H28N6O. The summed E-state index contributed by atoms with van der Waals surface area (Å²) in [6, 6.07) is 16.5. The zero-order chi connectivity index (χ0) is 22.9. The molecule has 0 bridgehead atoms. The number of aromatic nitrogens is 4. The van der Waals surface area contributed by atoms with E-state index in [-0.39, 0.29) is 0 Å². The van der Waals surface area contributed by atoms with Crippen molar-refractivity contribution in [3.63, 3.8) is 0 Å². The third-order valence-electron chi connectivity index (χ3n) is 6.09. The molecule has 2 aromatic carbocycles. The highest BCUT2D eigenvalue weighted by Crippen LogP contribution is 2.28. The van der Waals surface area contributed by atoms with Crippen molar-refractivity contribution in [3.05, 3.63) is 77.2 Å². The summed E-state index contributed by atoms with van der Waals surface area (Å²) in [6.07, 6.45) is 2.80. The number of nitrogen functional groups attached to an aromatic ring is 1. The fourth-order valence-corrected chi connectivity index (χ4v) is 4.45. The molecule has 0 spiro atoms. The van der Waals surface area contributed by atoms with E-state index in [4.69, 9.17) is 15.5 Å². The van der Waals surface area contributed by atoms with E-state index < -0.39 is 0 Å². The molecule has 0 aliphatic rings. The molecule has 0 fully saturated rings. The monoisotopic (exact) mass is 440 g/mol. The number of hydrogen-bond donors (Lipinski definition) is 3. The van der Waals surface area contributed by atoms with E-state index >= 15 is 0 Å². The van der Waals surface area contributed by atoms with Crippen molar-refractivity contribution in [2.75, 3.05) is 24.3 Å². The highest BCUT2D eigenvalue weighted by molar-refractivity contribution is 5.86. The van der Waals surface area contributed by atoms with Crippen LogP contribution in [0.25, 0.3) is 21.8 Å². The summed E-state index contributed by atoms with van der Waals surface area (Å²) in [4.78, 5) is 18.2. The first-order chi connectivity index (χ1) is 16.0. The number of nitrogens with one attached hydrogen (secondary N) is 2. The molecular weight excluding hydrogens is 412 g/mol. The molecule has 33 heavy (non-hydrogen) atoms. The average molecular weight is 441 g/mol. The van der Waals surface area contributed by atoms with Crippen molar-refractivity contribution in [3.8, 4) is 5.75 Å². The number of nitrogens with zero attached hydrogens (tertiary/aromatic N) is 3. The minimum atomic E-state index is 0.483. The highest BCUT2D eigenvalue weighted by atomic mass is 16.5. The van der Waals surface area contributed by atoms with Gasteiger partial charge in [0.15, 0.2) is 0 Å². The third-order valence-corrected chi connectivity index (χ3v) is 6.09. The molecule has 5 rings (SSSR count). The number of aromatic amines is 2. The molecule has 5 aromatic rings. The second kappa shape index (κ2) is 8.50. The van der Waals surface area contributed by atoms with Crippen LogP contribution >= 0.6 is 0 Å². The Kier molecular flexibility index (Phi) is 5.38. The Hall–Kier alpha value is -4.00. The number of aryl methyl sites for hydroxylation is 2. The Morgan fingerprint density at radius 2 is 1.85 bits per heavy atom. The van der Waals surface area contributed by atoms with Gasteiger partial charge in [-0.05, 0) is 73.2 Å². The number of anilines is 2. The van der Waals surface area contributed by atoms with Crippen LogP contribution in [-0.2, 0) is 13.0 Å². The van der Waals surface area contributed by atoms with E-state index in [1.807, 2.05) is 19.2 Å². The third kappa shape index (κ3) is 4.22. The van der Waals surface area contributed by atoms with Crippen molar-refractivity contribution >= 4 is 33.6 Å². The Morgan fingerprint density at radius 3 is 2.67 bits per heavy atom. The van der Waals surface area contributed by atoms with E-state index in [0.717, 1.165) is 41.1 Å². The van der Waals surface area contributed by atoms with Gasteiger partial charge in [0.25, 0.3) is 0 Å². The van der Waals surface area contributed by atoms with Gasteiger partial charge in [-0.3, -0.25) is 0 Å². The number of nitrogens with two attached hydrogens (primary N) is 1. The molecule has 7 nitrogen and oxygen atoms in total. The van der Waals surface area contributed by atoms with Gasteiger partial charge in [0.05, 0.1) is 7.11 Å². The van der Waals surface area contributed by atoms with Crippen LogP contribution in [0.3, 0.4) is 0 Å². The van der Waals surface area contributed by atoms with Gasteiger partial charge in [0.2, 0.25) is 5.95 Å². The second-order valence-electron chi connectivity index (χ2n) is 8.45. The second-order valence-corrected chi connectivity index (χ2v) is 8.45. The Bertz CT molecular complexity index is 1410. The van der Waals surface area contributed by atoms with E-state index in [0.29, 0.717) is 18.3 Å². The van der Waals surface area contributed by atoms with E-state index in [2.05, 4.69) is 63.2 Å². The minimum Gasteiger partial charge on any atom is -0.497 e. The van der Waals surface area contributed by atoms with Gasteiger partial charge in [0, 0.05) is 53.2 Å². The van der Waals surface area contributed by atoms with Crippen molar-refractivity contribution in [2.24, 2.45) is 0 Å². The Balaban J connectivity index is 1.48. The predicted molar refractivity (Wildman–Crippen MR) is 134 cm³/mol. The maximum Gasteiger partial charge on any atom is 0.227 e. The molecule has 3 aromatic heterocycles. The lowest BCUT2D eigenvalue weighted by molar-refractivity contribution is 0.415. The Morgan fingerprint density at radius 1 is 1.00 bits per heavy atom. The fraction of sp³-hybridized carbons (Fsp3) is 0.231. The van der Waals surface area contributed by atoms with Crippen LogP contribution in [0.5, 0.6) is 5.75 Å². The van der Waals surface area contributed by atoms with E-state index in [1.165, 1.54) is 21.9 Å². The average Bonchev–Trinajstić information content (AvgIpc) is 3.38. The SMILES string of the molecule is COc1ccc2[nH]c(C)c(CCN(Cc3ccc4[nH]ccc4c3)c3nc(C)cc(N)n3)c2c1. The minimum absolute atomic E-state index is 0.483. The van der Waals surface area contributed by atoms with Gasteiger partial charge in [-0.15, -0.1) is 0 Å². The summed E-state index contributed by atoms with van der Waals surface area (Å²) in [6.45, 7) is 5.50. The zero-order valence-electron chi connectivity index (χ0n) is 19.1. The lowest BCUT2D eigenvalue weighted by Crippen LogP contribution is -2.28. The molecule has 0 atom stereocenters. The van der Waals surface area contributed by atoms with Crippen LogP contribution in [0.2, 0.25) is 0 Å². The summed E-state index contributed by atoms with van der Waals surface area (Å²) in [5.74, 6) is 1.99. The smallest absolute Gasteiger partial charge is 0.227 e. The normalized spacial score (nSPS) is 11.4. The molecule has 0 aliphatic heterocycles. The first kappa shape index (κ1) is 20.9. The topological polar surface area (TPSA) is 95.8 Å². The summed E-state index contributed by atoms with van der Waals surface area (Å²) in [5, 5.41) is 2.38. The number of ether oxygens (including phenoxy) is 1. The first-order valence-corrected chi connectivity index (χ1v) is 11.1. The van der Waals surface area contributed by atoms with Gasteiger partial charge >= 0.3 is 0 Å². The number of fused-ring (bicyclic) bond motifs is 2. The maximum absolute atomic E-state index is 6.07. The van der Waals surface area contributed by atoms with Crippen LogP contribution in [0.15, 0.2) is 54.7 Å². The van der Waals surface area contributed by atoms with Gasteiger partial charge in [-0.2, -0.15) is 4.98 Å². The summed E-state index contributed by atoms with van der Waals surface area (Å²) >= 11 is 0. The zero-order valence-corrected chi connectivity index (χ0v) is 19.1. The molecule has 3 heterocycles. The van der Waals surface area contributed by atoms with Crippen molar-refractivity contribution in [2.45, 2.75) is 26.8 Å². The number of H-pyrrole nitrogens is 2. The number of hydrogen-bond acceptors (Lipinski definition) is 5. The number of rotatable bonds is 7. The quantitative estimate of drug-likeness (QED) is 0.335. The van der Waals surface area contributed by atoms with Crippen molar-refractivity contribution in [1.82, 2.24) is 19.9 Å². The molecule has 0 radical (unpaired) electrons. The fourth-order valence-electron chi connectivity index (χ4n) is 4.45. The van der Waals surface area contributed by atoms with E-state index in [9.17, 15) is 0 Å². The highest BCUT2D eigenvalue weighted by Gasteiger charge is 2.16. The van der Waals surface area contributed by atoms with Gasteiger partial charge in [-0.1, -0.05) is 6.07 Å². The van der Waals surface area contributed by atoms with Gasteiger partial charge in [-0.25, -0.2) is 4.98 Å². The molecule has 0 amide bonds. The first-order valence-electron chi connectivity index (χ1n) is 11.1. The predicted octanol–water partition coefficient (Wildman–Crippen LogP) is 4.90. The molecule has 0 aliphatic carbocycles. The maximum atomic E-state index is 6.07. The lowest BCUT2D eigenvalue weighted by Gasteiger charge is -2.23. The van der Waals surface area contributed by atoms with Gasteiger partial charge in [0.1, 0.15) is 11.6 Å². The molecule has 7 heteroatoms. The summed E-state index contributed by atoms with van der Waals surface area (Å²) in [5.41, 5.74) is 12.8. The van der Waals surface area contributed by atoms with E-state index in [1.54, 1.807) is 13.2 Å². The van der Waals surface area contributed by atoms with Crippen LogP contribution in [-0.4, -0.2) is 33.6 Å². The van der Waals surface area contributed by atoms with Crippen LogP contribution in [0.1, 0.15) is 22.5 Å². The van der Waals surface area contributed by atoms with Crippen LogP contribution in [0, 0.1) is 13.8 Å². The molecule has 0 saturated carbocycles. The standard InChI is InChI=1S/C26H28N6O/c1-16-12-25(27)31-26(29-16)32(15-18-4-6-23-19(13-18)8-10-28-23)11-9-21-17(2)30-24-7-5-20(33-3)14-22(21)24/h4-8,10,12-14,28,30H,9,11,15H2,1-3H3,(H2,27,29,31). The van der Waals surface area contributed by atoms with Crippen molar-refractivity contribution < 1.29 is 4.74 Å². The van der Waals surface area contributed by atoms with Gasteiger partial charge < -0.3 is 25.3 Å². The number of benzene rings is 2. The molecule has 0 unspecified atom stereocenters. The van der Waals surface area contributed by atoms with Crippen molar-refractivity contribution in [1.29, 1.82) is 0 Å². The largest absolute Gasteiger partial charge is 0.497 e. The van der Waals surface area contributed by atoms with Crippen LogP contribution in [0.4, 0.5) is 11.8 Å².